The number of ketones is 1. The van der Waals surface area contributed by atoms with Crippen LogP contribution in [0.25, 0.3) is 0 Å². The fourth-order valence-electron chi connectivity index (χ4n) is 1.85. The lowest BCUT2D eigenvalue weighted by Crippen LogP contribution is -2.07. The second-order valence-electron chi connectivity index (χ2n) is 4.14. The summed E-state index contributed by atoms with van der Waals surface area (Å²) in [4.78, 5) is 12.5. The molecule has 0 aromatic heterocycles. The van der Waals surface area contributed by atoms with Gasteiger partial charge in [-0.1, -0.05) is 11.6 Å². The molecule has 0 aliphatic heterocycles. The number of methoxy groups -OCH3 is 2. The second-order valence-corrected chi connectivity index (χ2v) is 5.43. The van der Waals surface area contributed by atoms with Crippen molar-refractivity contribution in [1.82, 2.24) is 0 Å². The van der Waals surface area contributed by atoms with Gasteiger partial charge in [0.15, 0.2) is 5.78 Å². The maximum absolute atomic E-state index is 13.8. The molecule has 110 valence electrons. The molecule has 0 spiro atoms. The Morgan fingerprint density at radius 1 is 1.10 bits per heavy atom. The molecule has 2 rings (SSSR count). The Kier molecular flexibility index (Phi) is 4.85. The summed E-state index contributed by atoms with van der Waals surface area (Å²) in [5.41, 5.74) is 0.0730. The van der Waals surface area contributed by atoms with Crippen molar-refractivity contribution >= 4 is 33.3 Å². The summed E-state index contributed by atoms with van der Waals surface area (Å²) >= 11 is 9.13. The van der Waals surface area contributed by atoms with E-state index in [0.717, 1.165) is 6.07 Å². The number of hydrogen-bond acceptors (Lipinski definition) is 3. The molecule has 0 unspecified atom stereocenters. The van der Waals surface area contributed by atoms with E-state index in [-0.39, 0.29) is 16.1 Å². The molecular formula is C15H11BrClFO3. The summed E-state index contributed by atoms with van der Waals surface area (Å²) < 4.78 is 24.8. The monoisotopic (exact) mass is 372 g/mol. The van der Waals surface area contributed by atoms with Crippen molar-refractivity contribution in [3.05, 3.63) is 56.8 Å². The lowest BCUT2D eigenvalue weighted by molar-refractivity contribution is 0.103. The normalized spacial score (nSPS) is 10.3. The van der Waals surface area contributed by atoms with Crippen molar-refractivity contribution in [3.8, 4) is 11.5 Å². The first-order valence-corrected chi connectivity index (χ1v) is 7.06. The van der Waals surface area contributed by atoms with Gasteiger partial charge in [0.2, 0.25) is 0 Å². The van der Waals surface area contributed by atoms with Gasteiger partial charge in [0, 0.05) is 5.02 Å². The molecule has 0 bridgehead atoms. The van der Waals surface area contributed by atoms with E-state index >= 15 is 0 Å². The van der Waals surface area contributed by atoms with E-state index in [1.165, 1.54) is 32.4 Å². The van der Waals surface area contributed by atoms with Crippen LogP contribution in [0.3, 0.4) is 0 Å². The number of carbonyl (C=O) groups excluding carboxylic acids is 1. The third-order valence-electron chi connectivity index (χ3n) is 2.89. The van der Waals surface area contributed by atoms with Crippen LogP contribution in [0.1, 0.15) is 15.9 Å². The van der Waals surface area contributed by atoms with Crippen LogP contribution < -0.4 is 9.47 Å². The number of carbonyl (C=O) groups is 1. The highest BCUT2D eigenvalue weighted by Gasteiger charge is 2.20. The first-order chi connectivity index (χ1) is 9.97. The van der Waals surface area contributed by atoms with E-state index in [2.05, 4.69) is 15.9 Å². The third kappa shape index (κ3) is 3.19. The van der Waals surface area contributed by atoms with Gasteiger partial charge in [0.25, 0.3) is 0 Å². The SMILES string of the molecule is COc1cc(C(=O)c2cc(Cl)ccc2F)c(OC)cc1Br. The number of hydrogen-bond donors (Lipinski definition) is 0. The fraction of sp³-hybridized carbons (Fsp3) is 0.133. The van der Waals surface area contributed by atoms with Gasteiger partial charge in [-0.2, -0.15) is 0 Å². The summed E-state index contributed by atoms with van der Waals surface area (Å²) in [6.07, 6.45) is 0. The summed E-state index contributed by atoms with van der Waals surface area (Å²) in [5, 5.41) is 0.280. The average Bonchev–Trinajstić information content (AvgIpc) is 2.48. The highest BCUT2D eigenvalue weighted by molar-refractivity contribution is 9.10. The largest absolute Gasteiger partial charge is 0.496 e. The summed E-state index contributed by atoms with van der Waals surface area (Å²) in [7, 11) is 2.90. The quantitative estimate of drug-likeness (QED) is 0.741. The molecule has 0 saturated carbocycles. The van der Waals surface area contributed by atoms with Gasteiger partial charge in [-0.05, 0) is 46.3 Å². The molecule has 21 heavy (non-hydrogen) atoms. The number of rotatable bonds is 4. The zero-order chi connectivity index (χ0) is 15.6. The molecule has 2 aromatic rings. The van der Waals surface area contributed by atoms with Crippen LogP contribution in [0, 0.1) is 5.82 Å². The smallest absolute Gasteiger partial charge is 0.199 e. The van der Waals surface area contributed by atoms with Gasteiger partial charge in [-0.15, -0.1) is 0 Å². The molecule has 0 amide bonds. The predicted molar refractivity (Wildman–Crippen MR) is 82.1 cm³/mol. The maximum Gasteiger partial charge on any atom is 0.199 e. The summed E-state index contributed by atoms with van der Waals surface area (Å²) in [6.45, 7) is 0. The third-order valence-corrected chi connectivity index (χ3v) is 3.75. The average molecular weight is 374 g/mol. The molecule has 0 radical (unpaired) electrons. The van der Waals surface area contributed by atoms with Crippen LogP contribution in [0.4, 0.5) is 4.39 Å². The lowest BCUT2D eigenvalue weighted by Gasteiger charge is -2.12. The summed E-state index contributed by atoms with van der Waals surface area (Å²) in [5.74, 6) is -0.417. The first-order valence-electron chi connectivity index (χ1n) is 5.89. The first kappa shape index (κ1) is 15.8. The molecule has 0 aliphatic rings. The topological polar surface area (TPSA) is 35.5 Å². The van der Waals surface area contributed by atoms with Gasteiger partial charge in [0.1, 0.15) is 17.3 Å². The van der Waals surface area contributed by atoms with E-state index in [1.807, 2.05) is 0 Å². The van der Waals surface area contributed by atoms with Gasteiger partial charge in [0.05, 0.1) is 29.8 Å². The molecule has 2 aromatic carbocycles. The number of benzene rings is 2. The molecule has 0 saturated heterocycles. The Bertz CT molecular complexity index is 704. The zero-order valence-electron chi connectivity index (χ0n) is 11.2. The molecule has 0 atom stereocenters. The predicted octanol–water partition coefficient (Wildman–Crippen LogP) is 4.49. The highest BCUT2D eigenvalue weighted by Crippen LogP contribution is 2.34. The van der Waals surface area contributed by atoms with E-state index in [9.17, 15) is 9.18 Å². The minimum Gasteiger partial charge on any atom is -0.496 e. The summed E-state index contributed by atoms with van der Waals surface area (Å²) in [6, 6.07) is 6.90. The van der Waals surface area contributed by atoms with Crippen LogP contribution in [0.5, 0.6) is 11.5 Å². The van der Waals surface area contributed by atoms with Crippen molar-refractivity contribution in [1.29, 1.82) is 0 Å². The highest BCUT2D eigenvalue weighted by atomic mass is 79.9. The minimum absolute atomic E-state index is 0.120. The number of halogens is 3. The Hall–Kier alpha value is -1.59. The molecule has 0 aliphatic carbocycles. The zero-order valence-corrected chi connectivity index (χ0v) is 13.6. The molecule has 6 heteroatoms. The number of ether oxygens (including phenoxy) is 2. The lowest BCUT2D eigenvalue weighted by atomic mass is 10.0. The molecule has 0 fully saturated rings. The van der Waals surface area contributed by atoms with Crippen LogP contribution in [-0.2, 0) is 0 Å². The Labute approximate surface area is 134 Å². The molecule has 0 N–H and O–H groups in total. The van der Waals surface area contributed by atoms with Crippen LogP contribution in [0.15, 0.2) is 34.8 Å². The Balaban J connectivity index is 2.59. The minimum atomic E-state index is -0.645. The van der Waals surface area contributed by atoms with E-state index in [4.69, 9.17) is 21.1 Å². The van der Waals surface area contributed by atoms with Gasteiger partial charge in [-0.25, -0.2) is 4.39 Å². The Morgan fingerprint density at radius 2 is 1.76 bits per heavy atom. The fourth-order valence-corrected chi connectivity index (χ4v) is 2.51. The molecule has 0 heterocycles. The van der Waals surface area contributed by atoms with E-state index < -0.39 is 11.6 Å². The standard InChI is InChI=1S/C15H11BrClFO3/c1-20-13-7-11(16)14(21-2)6-10(13)15(19)9-5-8(17)3-4-12(9)18/h3-7H,1-2H3. The van der Waals surface area contributed by atoms with Gasteiger partial charge < -0.3 is 9.47 Å². The van der Waals surface area contributed by atoms with E-state index in [0.29, 0.717) is 16.0 Å². The van der Waals surface area contributed by atoms with Gasteiger partial charge in [-0.3, -0.25) is 4.79 Å². The van der Waals surface area contributed by atoms with Crippen molar-refractivity contribution in [2.24, 2.45) is 0 Å². The molecule has 3 nitrogen and oxygen atoms in total. The maximum atomic E-state index is 13.8. The van der Waals surface area contributed by atoms with Crippen molar-refractivity contribution in [2.75, 3.05) is 14.2 Å². The Morgan fingerprint density at radius 3 is 2.38 bits per heavy atom. The second kappa shape index (κ2) is 6.45. The van der Waals surface area contributed by atoms with Crippen molar-refractivity contribution in [2.45, 2.75) is 0 Å². The molecular weight excluding hydrogens is 363 g/mol. The van der Waals surface area contributed by atoms with Crippen LogP contribution >= 0.6 is 27.5 Å². The van der Waals surface area contributed by atoms with Crippen molar-refractivity contribution in [3.63, 3.8) is 0 Å². The van der Waals surface area contributed by atoms with Gasteiger partial charge >= 0.3 is 0 Å². The van der Waals surface area contributed by atoms with Crippen LogP contribution in [-0.4, -0.2) is 20.0 Å². The van der Waals surface area contributed by atoms with Crippen LogP contribution in [0.2, 0.25) is 5.02 Å². The van der Waals surface area contributed by atoms with Crippen molar-refractivity contribution < 1.29 is 18.7 Å². The van der Waals surface area contributed by atoms with E-state index in [1.54, 1.807) is 6.07 Å².